The lowest BCUT2D eigenvalue weighted by Crippen LogP contribution is -2.11. The molecule has 1 amide bonds. The average Bonchev–Trinajstić information content (AvgIpc) is 2.91. The zero-order chi connectivity index (χ0) is 14.5. The van der Waals surface area contributed by atoms with E-state index in [-0.39, 0.29) is 10.7 Å². The van der Waals surface area contributed by atoms with Crippen molar-refractivity contribution in [2.75, 3.05) is 12.4 Å². The monoisotopic (exact) mass is 288 g/mol. The first-order valence-corrected chi connectivity index (χ1v) is 6.55. The quantitative estimate of drug-likeness (QED) is 0.694. The van der Waals surface area contributed by atoms with E-state index in [0.29, 0.717) is 5.01 Å². The molecule has 0 saturated heterocycles. The zero-order valence-electron chi connectivity index (χ0n) is 10.8. The van der Waals surface area contributed by atoms with Crippen LogP contribution < -0.4 is 5.32 Å². The topological polar surface area (TPSA) is 68.3 Å². The van der Waals surface area contributed by atoms with E-state index in [4.69, 9.17) is 4.74 Å². The highest BCUT2D eigenvalue weighted by Gasteiger charge is 2.20. The Hall–Kier alpha value is -2.47. The van der Waals surface area contributed by atoms with Crippen LogP contribution in [0.5, 0.6) is 0 Å². The highest BCUT2D eigenvalue weighted by molar-refractivity contribution is 7.17. The lowest BCUT2D eigenvalue weighted by molar-refractivity contribution is -0.111. The molecule has 0 aliphatic heterocycles. The van der Waals surface area contributed by atoms with E-state index in [0.717, 1.165) is 23.0 Å². The van der Waals surface area contributed by atoms with Crippen LogP contribution in [0.3, 0.4) is 0 Å². The number of aromatic nitrogens is 1. The van der Waals surface area contributed by atoms with E-state index in [9.17, 15) is 9.59 Å². The molecule has 1 N–H and O–H groups in total. The van der Waals surface area contributed by atoms with Gasteiger partial charge in [-0.15, -0.1) is 11.3 Å². The van der Waals surface area contributed by atoms with Gasteiger partial charge in [-0.2, -0.15) is 0 Å². The molecule has 0 unspecified atom stereocenters. The van der Waals surface area contributed by atoms with Gasteiger partial charge in [0.25, 0.3) is 0 Å². The third-order valence-electron chi connectivity index (χ3n) is 2.45. The SMILES string of the molecule is C=CC(=O)Nc1nc(-c2ccccc2)sc1C(=O)OC. The molecule has 0 atom stereocenters. The molecule has 0 spiro atoms. The van der Waals surface area contributed by atoms with Crippen molar-refractivity contribution in [3.63, 3.8) is 0 Å². The maximum Gasteiger partial charge on any atom is 0.351 e. The van der Waals surface area contributed by atoms with Crippen molar-refractivity contribution in [2.45, 2.75) is 0 Å². The van der Waals surface area contributed by atoms with Crippen LogP contribution in [0, 0.1) is 0 Å². The number of esters is 1. The minimum atomic E-state index is -0.538. The van der Waals surface area contributed by atoms with E-state index in [1.807, 2.05) is 30.3 Å². The fourth-order valence-electron chi connectivity index (χ4n) is 1.51. The van der Waals surface area contributed by atoms with Crippen molar-refractivity contribution in [3.8, 4) is 10.6 Å². The molecule has 2 aromatic rings. The molecule has 20 heavy (non-hydrogen) atoms. The number of nitrogens with zero attached hydrogens (tertiary/aromatic N) is 1. The van der Waals surface area contributed by atoms with Gasteiger partial charge in [0.2, 0.25) is 5.91 Å². The molecule has 1 aromatic heterocycles. The largest absolute Gasteiger partial charge is 0.465 e. The second-order valence-corrected chi connectivity index (χ2v) is 4.75. The van der Waals surface area contributed by atoms with Gasteiger partial charge in [-0.05, 0) is 6.08 Å². The third kappa shape index (κ3) is 2.92. The van der Waals surface area contributed by atoms with Gasteiger partial charge in [-0.3, -0.25) is 4.79 Å². The van der Waals surface area contributed by atoms with Gasteiger partial charge >= 0.3 is 5.97 Å². The lowest BCUT2D eigenvalue weighted by atomic mass is 10.2. The van der Waals surface area contributed by atoms with Crippen LogP contribution in [0.1, 0.15) is 9.67 Å². The number of anilines is 1. The minimum absolute atomic E-state index is 0.186. The number of benzene rings is 1. The third-order valence-corrected chi connectivity index (χ3v) is 3.53. The molecule has 1 heterocycles. The first kappa shape index (κ1) is 14.0. The summed E-state index contributed by atoms with van der Waals surface area (Å²) in [5.74, 6) is -0.783. The second-order valence-electron chi connectivity index (χ2n) is 3.75. The Morgan fingerprint density at radius 3 is 2.65 bits per heavy atom. The Labute approximate surface area is 119 Å². The maximum absolute atomic E-state index is 11.7. The van der Waals surface area contributed by atoms with Crippen LogP contribution in [-0.4, -0.2) is 24.0 Å². The molecule has 1 aromatic carbocycles. The summed E-state index contributed by atoms with van der Waals surface area (Å²) in [6.45, 7) is 3.36. The summed E-state index contributed by atoms with van der Waals surface area (Å²) >= 11 is 1.16. The zero-order valence-corrected chi connectivity index (χ0v) is 11.6. The van der Waals surface area contributed by atoms with Gasteiger partial charge in [0.15, 0.2) is 10.7 Å². The van der Waals surface area contributed by atoms with Crippen molar-refractivity contribution in [1.82, 2.24) is 4.98 Å². The van der Waals surface area contributed by atoms with Crippen molar-refractivity contribution < 1.29 is 14.3 Å². The van der Waals surface area contributed by atoms with Crippen LogP contribution in [0.15, 0.2) is 43.0 Å². The molecule has 0 aliphatic rings. The summed E-state index contributed by atoms with van der Waals surface area (Å²) in [4.78, 5) is 27.6. The molecule has 0 fully saturated rings. The summed E-state index contributed by atoms with van der Waals surface area (Å²) in [7, 11) is 1.28. The van der Waals surface area contributed by atoms with Crippen LogP contribution in [0.2, 0.25) is 0 Å². The van der Waals surface area contributed by atoms with E-state index in [1.54, 1.807) is 0 Å². The van der Waals surface area contributed by atoms with Gasteiger partial charge in [0, 0.05) is 5.56 Å². The molecule has 2 rings (SSSR count). The number of methoxy groups -OCH3 is 1. The summed E-state index contributed by atoms with van der Waals surface area (Å²) in [6.07, 6.45) is 1.11. The van der Waals surface area contributed by atoms with Gasteiger partial charge in [-0.25, -0.2) is 9.78 Å². The number of thiazole rings is 1. The van der Waals surface area contributed by atoms with Gasteiger partial charge < -0.3 is 10.1 Å². The maximum atomic E-state index is 11.7. The Morgan fingerprint density at radius 2 is 2.05 bits per heavy atom. The highest BCUT2D eigenvalue weighted by Crippen LogP contribution is 2.31. The number of amides is 1. The molecule has 0 saturated carbocycles. The van der Waals surface area contributed by atoms with Gasteiger partial charge in [0.05, 0.1) is 7.11 Å². The normalized spacial score (nSPS) is 9.85. The smallest absolute Gasteiger partial charge is 0.351 e. The van der Waals surface area contributed by atoms with Crippen molar-refractivity contribution >= 4 is 29.0 Å². The van der Waals surface area contributed by atoms with E-state index in [2.05, 4.69) is 16.9 Å². The molecule has 0 aliphatic carbocycles. The number of carbonyl (C=O) groups is 2. The molecule has 102 valence electrons. The van der Waals surface area contributed by atoms with Gasteiger partial charge in [0.1, 0.15) is 5.01 Å². The standard InChI is InChI=1S/C14H12N2O3S/c1-3-10(17)15-12-11(14(18)19-2)20-13(16-12)9-7-5-4-6-8-9/h3-8H,1H2,2H3,(H,15,17). The molecule has 6 heteroatoms. The predicted octanol–water partition coefficient (Wildman–Crippen LogP) is 2.72. The summed E-state index contributed by atoms with van der Waals surface area (Å²) in [6, 6.07) is 9.38. The number of rotatable bonds is 4. The lowest BCUT2D eigenvalue weighted by Gasteiger charge is -2.00. The Morgan fingerprint density at radius 1 is 1.35 bits per heavy atom. The summed E-state index contributed by atoms with van der Waals surface area (Å²) < 4.78 is 4.70. The fourth-order valence-corrected chi connectivity index (χ4v) is 2.45. The Balaban J connectivity index is 2.44. The second kappa shape index (κ2) is 6.12. The van der Waals surface area contributed by atoms with E-state index < -0.39 is 11.9 Å². The summed E-state index contributed by atoms with van der Waals surface area (Å²) in [5, 5.41) is 3.14. The summed E-state index contributed by atoms with van der Waals surface area (Å²) in [5.41, 5.74) is 0.863. The first-order valence-electron chi connectivity index (χ1n) is 5.73. The van der Waals surface area contributed by atoms with E-state index in [1.165, 1.54) is 7.11 Å². The first-order chi connectivity index (χ1) is 9.65. The molecular formula is C14H12N2O3S. The van der Waals surface area contributed by atoms with E-state index >= 15 is 0 Å². The Bertz CT molecular complexity index is 650. The van der Waals surface area contributed by atoms with Crippen LogP contribution in [-0.2, 0) is 9.53 Å². The average molecular weight is 288 g/mol. The van der Waals surface area contributed by atoms with Crippen molar-refractivity contribution in [2.24, 2.45) is 0 Å². The van der Waals surface area contributed by atoms with Crippen LogP contribution in [0.4, 0.5) is 5.82 Å². The van der Waals surface area contributed by atoms with Crippen molar-refractivity contribution in [3.05, 3.63) is 47.9 Å². The molecule has 0 bridgehead atoms. The number of nitrogens with one attached hydrogen (secondary N) is 1. The number of hydrogen-bond donors (Lipinski definition) is 1. The Kier molecular flexibility index (Phi) is 4.27. The highest BCUT2D eigenvalue weighted by atomic mass is 32.1. The number of hydrogen-bond acceptors (Lipinski definition) is 5. The fraction of sp³-hybridized carbons (Fsp3) is 0.0714. The molecule has 0 radical (unpaired) electrons. The van der Waals surface area contributed by atoms with Crippen LogP contribution >= 0.6 is 11.3 Å². The molecular weight excluding hydrogens is 276 g/mol. The number of ether oxygens (including phenoxy) is 1. The predicted molar refractivity (Wildman–Crippen MR) is 77.7 cm³/mol. The van der Waals surface area contributed by atoms with Crippen LogP contribution in [0.25, 0.3) is 10.6 Å². The minimum Gasteiger partial charge on any atom is -0.465 e. The van der Waals surface area contributed by atoms with Gasteiger partial charge in [-0.1, -0.05) is 36.9 Å². The number of carbonyl (C=O) groups excluding carboxylic acids is 2. The van der Waals surface area contributed by atoms with Crippen molar-refractivity contribution in [1.29, 1.82) is 0 Å². The molecule has 5 nitrogen and oxygen atoms in total.